The maximum atomic E-state index is 12.8. The van der Waals surface area contributed by atoms with E-state index < -0.39 is 0 Å². The zero-order valence-electron chi connectivity index (χ0n) is 14.8. The van der Waals surface area contributed by atoms with E-state index in [-0.39, 0.29) is 18.3 Å². The van der Waals surface area contributed by atoms with Crippen LogP contribution in [0, 0.1) is 11.8 Å². The minimum atomic E-state index is -0.0923. The Kier molecular flexibility index (Phi) is 5.11. The number of Topliss-reactive ketones (excluding diaryl/α,β-unsaturated/α-hetero) is 1. The third-order valence-electron chi connectivity index (χ3n) is 5.27. The highest BCUT2D eigenvalue weighted by Gasteiger charge is 2.37. The summed E-state index contributed by atoms with van der Waals surface area (Å²) in [7, 11) is 1.60. The van der Waals surface area contributed by atoms with Crippen molar-refractivity contribution in [2.75, 3.05) is 7.11 Å². The van der Waals surface area contributed by atoms with Crippen molar-refractivity contribution in [3.05, 3.63) is 63.9 Å². The summed E-state index contributed by atoms with van der Waals surface area (Å²) in [5.41, 5.74) is 1.11. The summed E-state index contributed by atoms with van der Waals surface area (Å²) in [6.45, 7) is 0. The van der Waals surface area contributed by atoms with E-state index in [1.807, 2.05) is 0 Å². The van der Waals surface area contributed by atoms with E-state index in [1.165, 1.54) is 12.4 Å². The Morgan fingerprint density at radius 2 is 1.93 bits per heavy atom. The summed E-state index contributed by atoms with van der Waals surface area (Å²) in [4.78, 5) is 16.7. The minimum absolute atomic E-state index is 0.0923. The molecule has 1 fully saturated rings. The van der Waals surface area contributed by atoms with Gasteiger partial charge in [0.05, 0.1) is 17.2 Å². The lowest BCUT2D eigenvalue weighted by Crippen LogP contribution is -2.21. The fourth-order valence-corrected chi connectivity index (χ4v) is 4.34. The van der Waals surface area contributed by atoms with Gasteiger partial charge in [0.25, 0.3) is 0 Å². The molecule has 2 aliphatic carbocycles. The van der Waals surface area contributed by atoms with Crippen molar-refractivity contribution < 1.29 is 14.3 Å². The predicted octanol–water partition coefficient (Wildman–Crippen LogP) is 5.17. The van der Waals surface area contributed by atoms with Crippen LogP contribution >= 0.6 is 23.2 Å². The quantitative estimate of drug-likeness (QED) is 0.493. The molecule has 0 N–H and O–H groups in total. The summed E-state index contributed by atoms with van der Waals surface area (Å²) in [5.74, 6) is 2.17. The van der Waals surface area contributed by atoms with Gasteiger partial charge in [-0.25, -0.2) is 0 Å². The standard InChI is InChI=1S/C21H19Cl2NO3/c1-26-19-5-4-13(18(25)9-15-16(22)10-24-11-17(15)23)8-21(19)27-20-7-12-2-3-14(20)6-12/h2-5,8,10-12,14,20H,6-7,9H2,1H3/t12?,14?,20-/m1/s1. The summed E-state index contributed by atoms with van der Waals surface area (Å²) in [6, 6.07) is 5.25. The van der Waals surface area contributed by atoms with Crippen molar-refractivity contribution in [3.8, 4) is 11.5 Å². The van der Waals surface area contributed by atoms with E-state index in [1.54, 1.807) is 25.3 Å². The van der Waals surface area contributed by atoms with Gasteiger partial charge in [-0.3, -0.25) is 9.78 Å². The molecule has 140 valence electrons. The number of carbonyl (C=O) groups excluding carboxylic acids is 1. The Hall–Kier alpha value is -2.04. The molecule has 0 radical (unpaired) electrons. The number of allylic oxidation sites excluding steroid dienone is 1. The van der Waals surface area contributed by atoms with Gasteiger partial charge in [-0.2, -0.15) is 0 Å². The number of nitrogens with zero attached hydrogens (tertiary/aromatic N) is 1. The van der Waals surface area contributed by atoms with Crippen molar-refractivity contribution in [1.82, 2.24) is 4.98 Å². The fourth-order valence-electron chi connectivity index (χ4n) is 3.84. The summed E-state index contributed by atoms with van der Waals surface area (Å²) in [5, 5.41) is 0.768. The predicted molar refractivity (Wildman–Crippen MR) is 105 cm³/mol. The van der Waals surface area contributed by atoms with E-state index >= 15 is 0 Å². The highest BCUT2D eigenvalue weighted by molar-refractivity contribution is 6.36. The van der Waals surface area contributed by atoms with Gasteiger partial charge in [-0.05, 0) is 37.0 Å². The first-order valence-corrected chi connectivity index (χ1v) is 9.65. The van der Waals surface area contributed by atoms with Gasteiger partial charge in [0.1, 0.15) is 6.10 Å². The van der Waals surface area contributed by atoms with Crippen LogP contribution in [0.25, 0.3) is 0 Å². The van der Waals surface area contributed by atoms with Gasteiger partial charge in [0.15, 0.2) is 17.3 Å². The van der Waals surface area contributed by atoms with Crippen molar-refractivity contribution in [1.29, 1.82) is 0 Å². The third kappa shape index (κ3) is 3.69. The van der Waals surface area contributed by atoms with Gasteiger partial charge < -0.3 is 9.47 Å². The summed E-state index contributed by atoms with van der Waals surface area (Å²) >= 11 is 12.3. The Bertz CT molecular complexity index is 892. The minimum Gasteiger partial charge on any atom is -0.493 e. The largest absolute Gasteiger partial charge is 0.493 e. The SMILES string of the molecule is COc1ccc(C(=O)Cc2c(Cl)cncc2Cl)cc1O[C@@H]1CC2C=CC1C2. The highest BCUT2D eigenvalue weighted by atomic mass is 35.5. The van der Waals surface area contributed by atoms with Crippen molar-refractivity contribution in [3.63, 3.8) is 0 Å². The normalized spacial score (nSPS) is 22.9. The van der Waals surface area contributed by atoms with Crippen LogP contribution < -0.4 is 9.47 Å². The van der Waals surface area contributed by atoms with Gasteiger partial charge >= 0.3 is 0 Å². The Morgan fingerprint density at radius 3 is 2.56 bits per heavy atom. The monoisotopic (exact) mass is 403 g/mol. The topological polar surface area (TPSA) is 48.4 Å². The molecule has 3 atom stereocenters. The number of fused-ring (bicyclic) bond motifs is 2. The second-order valence-electron chi connectivity index (χ2n) is 6.98. The summed E-state index contributed by atoms with van der Waals surface area (Å²) < 4.78 is 11.7. The molecular weight excluding hydrogens is 385 g/mol. The lowest BCUT2D eigenvalue weighted by atomic mass is 10.0. The number of ether oxygens (including phenoxy) is 2. The average Bonchev–Trinajstić information content (AvgIpc) is 3.28. The molecule has 0 aliphatic heterocycles. The fraction of sp³-hybridized carbons (Fsp3) is 0.333. The first-order valence-electron chi connectivity index (χ1n) is 8.89. The number of benzene rings is 1. The van der Waals surface area contributed by atoms with Gasteiger partial charge in [-0.1, -0.05) is 35.4 Å². The molecule has 1 saturated carbocycles. The molecule has 6 heteroatoms. The lowest BCUT2D eigenvalue weighted by Gasteiger charge is -2.22. The van der Waals surface area contributed by atoms with E-state index in [9.17, 15) is 4.79 Å². The number of pyridine rings is 1. The first kappa shape index (κ1) is 18.3. The molecule has 0 amide bonds. The molecule has 0 spiro atoms. The molecule has 2 unspecified atom stereocenters. The number of rotatable bonds is 6. The molecule has 4 nitrogen and oxygen atoms in total. The Labute approximate surface area is 168 Å². The van der Waals surface area contributed by atoms with Crippen LogP contribution in [0.2, 0.25) is 10.0 Å². The number of halogens is 2. The number of ketones is 1. The molecule has 2 aromatic rings. The number of hydrogen-bond donors (Lipinski definition) is 0. The smallest absolute Gasteiger partial charge is 0.167 e. The molecule has 2 bridgehead atoms. The molecule has 2 aliphatic rings. The number of carbonyl (C=O) groups is 1. The van der Waals surface area contributed by atoms with Crippen LogP contribution in [-0.4, -0.2) is 24.0 Å². The number of hydrogen-bond acceptors (Lipinski definition) is 4. The van der Waals surface area contributed by atoms with Crippen molar-refractivity contribution in [2.24, 2.45) is 11.8 Å². The maximum Gasteiger partial charge on any atom is 0.167 e. The van der Waals surface area contributed by atoms with E-state index in [0.717, 1.165) is 12.8 Å². The van der Waals surface area contributed by atoms with Crippen LogP contribution in [0.5, 0.6) is 11.5 Å². The lowest BCUT2D eigenvalue weighted by molar-refractivity contribution is 0.0991. The van der Waals surface area contributed by atoms with Gasteiger partial charge in [0.2, 0.25) is 0 Å². The van der Waals surface area contributed by atoms with Crippen LogP contribution in [0.15, 0.2) is 42.7 Å². The van der Waals surface area contributed by atoms with Gasteiger partial charge in [-0.15, -0.1) is 0 Å². The van der Waals surface area contributed by atoms with Crippen LogP contribution in [-0.2, 0) is 6.42 Å². The van der Waals surface area contributed by atoms with E-state index in [2.05, 4.69) is 17.1 Å². The van der Waals surface area contributed by atoms with Crippen LogP contribution in [0.3, 0.4) is 0 Å². The Morgan fingerprint density at radius 1 is 1.15 bits per heavy atom. The zero-order chi connectivity index (χ0) is 19.0. The molecule has 1 aromatic heterocycles. The molecule has 4 rings (SSSR count). The molecular formula is C21H19Cl2NO3. The summed E-state index contributed by atoms with van der Waals surface area (Å²) in [6.07, 6.45) is 9.85. The molecule has 1 heterocycles. The maximum absolute atomic E-state index is 12.8. The van der Waals surface area contributed by atoms with Crippen molar-refractivity contribution in [2.45, 2.75) is 25.4 Å². The molecule has 0 saturated heterocycles. The second-order valence-corrected chi connectivity index (χ2v) is 7.80. The Balaban J connectivity index is 1.56. The molecule has 27 heavy (non-hydrogen) atoms. The number of methoxy groups -OCH3 is 1. The van der Waals surface area contributed by atoms with Gasteiger partial charge in [0, 0.05) is 35.9 Å². The molecule has 1 aromatic carbocycles. The first-order chi connectivity index (χ1) is 13.0. The zero-order valence-corrected chi connectivity index (χ0v) is 16.3. The average molecular weight is 404 g/mol. The van der Waals surface area contributed by atoms with Crippen LogP contribution in [0.1, 0.15) is 28.8 Å². The van der Waals surface area contributed by atoms with E-state index in [4.69, 9.17) is 32.7 Å². The third-order valence-corrected chi connectivity index (χ3v) is 5.92. The second kappa shape index (κ2) is 7.53. The van der Waals surface area contributed by atoms with Crippen molar-refractivity contribution >= 4 is 29.0 Å². The van der Waals surface area contributed by atoms with Crippen LogP contribution in [0.4, 0.5) is 0 Å². The highest BCUT2D eigenvalue weighted by Crippen LogP contribution is 2.42. The van der Waals surface area contributed by atoms with E-state index in [0.29, 0.717) is 44.5 Å². The number of aromatic nitrogens is 1.